The van der Waals surface area contributed by atoms with Gasteiger partial charge in [0.2, 0.25) is 0 Å². The molecular weight excluding hydrogens is 1480 g/mol. The zero-order valence-electron chi connectivity index (χ0n) is 74.7. The van der Waals surface area contributed by atoms with Crippen molar-refractivity contribution in [1.82, 2.24) is 18.3 Å². The third kappa shape index (κ3) is 11.0. The van der Waals surface area contributed by atoms with Crippen LogP contribution in [0.25, 0.3) is 132 Å². The van der Waals surface area contributed by atoms with Gasteiger partial charge in [-0.25, -0.2) is 17.6 Å². The van der Waals surface area contributed by atoms with Crippen LogP contribution in [-0.4, -0.2) is 18.3 Å². The summed E-state index contributed by atoms with van der Waals surface area (Å²) in [6.07, 6.45) is -4.93. The van der Waals surface area contributed by atoms with Gasteiger partial charge in [-0.1, -0.05) is 12.1 Å². The Balaban J connectivity index is 0.000000185. The molecule has 0 radical (unpaired) electrons. The van der Waals surface area contributed by atoms with Crippen molar-refractivity contribution in [2.75, 3.05) is 0 Å². The summed E-state index contributed by atoms with van der Waals surface area (Å²) in [6, 6.07) is 16.8. The second-order valence-corrected chi connectivity index (χ2v) is 34.7. The second kappa shape index (κ2) is 28.0. The standard InChI is InChI=1S/C53H53F5N2.C53H53F2N3/c1-22-26(5)34(13)49-43(30(22)9)44-31(10)23(2)27(6)35(14)50(44)59(49)41-20-38(47-39(54)18-17-19-40(47)55)21-42(48(41)53(56,57)58)60-51-36(15)28(7)24(3)32(11)45(51)46-33(12)25(4)29(8)37(16)52(46)60;1-23-27(5)35(13)50-45(31(23)9)46-32(10)24(2)28(6)36(14)51(46)57(50)43-20-39(49-41(54)18-17-19-42(49)55)21-44(40(43)22-56)58-52-37(15)29(7)25(3)33(11)47(52)48-34(12)26(4)30(8)38(16)53(48)58/h17-21H,1-16H3;17-21H,1-16H3. The molecule has 0 N–H and O–H groups in total. The largest absolute Gasteiger partial charge is 0.420 e. The van der Waals surface area contributed by atoms with Gasteiger partial charge in [-0.2, -0.15) is 18.4 Å². The summed E-state index contributed by atoms with van der Waals surface area (Å²) in [6.45, 7) is 67.2. The van der Waals surface area contributed by atoms with Gasteiger partial charge in [0.25, 0.3) is 0 Å². The molecule has 0 aliphatic heterocycles. The number of benzene rings is 12. The van der Waals surface area contributed by atoms with E-state index in [0.717, 1.165) is 189 Å². The van der Waals surface area contributed by atoms with Crippen LogP contribution in [0.2, 0.25) is 0 Å². The fourth-order valence-corrected chi connectivity index (χ4v) is 20.6. The fourth-order valence-electron chi connectivity index (χ4n) is 20.6. The van der Waals surface area contributed by atoms with Crippen molar-refractivity contribution in [1.29, 1.82) is 5.26 Å². The van der Waals surface area contributed by atoms with Gasteiger partial charge < -0.3 is 18.3 Å². The van der Waals surface area contributed by atoms with Gasteiger partial charge >= 0.3 is 6.18 Å². The minimum atomic E-state index is -4.93. The minimum Gasteiger partial charge on any atom is -0.308 e. The van der Waals surface area contributed by atoms with E-state index in [-0.39, 0.29) is 28.1 Å². The Kier molecular flexibility index (Phi) is 19.4. The molecule has 4 aromatic heterocycles. The molecule has 0 fully saturated rings. The van der Waals surface area contributed by atoms with E-state index in [2.05, 4.69) is 154 Å². The zero-order chi connectivity index (χ0) is 86.4. The molecule has 604 valence electrons. The number of nitrogens with zero attached hydrogens (tertiary/aromatic N) is 5. The molecule has 4 heterocycles. The summed E-state index contributed by atoms with van der Waals surface area (Å²) in [7, 11) is 0. The Morgan fingerprint density at radius 3 is 0.542 bits per heavy atom. The van der Waals surface area contributed by atoms with Gasteiger partial charge in [0.05, 0.1) is 78.0 Å². The molecule has 0 saturated carbocycles. The van der Waals surface area contributed by atoms with Gasteiger partial charge in [0.15, 0.2) is 0 Å². The maximum absolute atomic E-state index is 16.9. The SMILES string of the molecule is Cc1c(C)c(C)c2c(c1C)c1c(C)c(C)c(C)c(C)c1n2-c1cc(-c2c(F)cccc2F)cc(-n2c3c(C)c(C)c(C)c(C)c3c3c(C)c(C)c(C)c(C)c32)c1C#N.Cc1c(C)c(C)c2c(c1C)c1c(C)c(C)c(C)c(C)c1n2-c1cc(-c2c(F)cccc2F)cc(-n2c3c(C)c(C)c(C)c(C)c3c3c(C)c(C)c(C)c(C)c32)c1C(F)(F)F. The van der Waals surface area contributed by atoms with E-state index < -0.39 is 35.0 Å². The van der Waals surface area contributed by atoms with Crippen molar-refractivity contribution in [3.05, 3.63) is 273 Å². The molecule has 12 heteroatoms. The van der Waals surface area contributed by atoms with E-state index in [1.165, 1.54) is 103 Å². The molecule has 0 amide bonds. The molecule has 118 heavy (non-hydrogen) atoms. The highest BCUT2D eigenvalue weighted by Crippen LogP contribution is 2.54. The maximum Gasteiger partial charge on any atom is 0.420 e. The Bertz CT molecular complexity index is 6660. The molecular formula is C106H106F7N5. The van der Waals surface area contributed by atoms with Crippen molar-refractivity contribution < 1.29 is 30.7 Å². The third-order valence-corrected chi connectivity index (χ3v) is 30.1. The molecule has 0 aliphatic carbocycles. The van der Waals surface area contributed by atoms with E-state index in [4.69, 9.17) is 0 Å². The average Bonchev–Trinajstić information content (AvgIpc) is 1.53. The highest BCUT2D eigenvalue weighted by atomic mass is 19.4. The number of halogens is 7. The van der Waals surface area contributed by atoms with Gasteiger partial charge in [0, 0.05) is 43.1 Å². The van der Waals surface area contributed by atoms with Crippen LogP contribution in [0, 0.1) is 256 Å². The Morgan fingerprint density at radius 2 is 0.381 bits per heavy atom. The molecule has 16 aromatic rings. The first kappa shape index (κ1) is 82.0. The molecule has 0 unspecified atom stereocenters. The lowest BCUT2D eigenvalue weighted by molar-refractivity contribution is -0.137. The van der Waals surface area contributed by atoms with Crippen molar-refractivity contribution in [3.8, 4) is 51.1 Å². The average molecular weight is 1580 g/mol. The monoisotopic (exact) mass is 1580 g/mol. The van der Waals surface area contributed by atoms with Gasteiger partial charge in [-0.15, -0.1) is 0 Å². The quantitative estimate of drug-likeness (QED) is 0.153. The van der Waals surface area contributed by atoms with Crippen molar-refractivity contribution in [3.63, 3.8) is 0 Å². The molecule has 0 atom stereocenters. The lowest BCUT2D eigenvalue weighted by Crippen LogP contribution is -2.17. The summed E-state index contributed by atoms with van der Waals surface area (Å²) < 4.78 is 124. The van der Waals surface area contributed by atoms with Crippen LogP contribution in [-0.2, 0) is 6.18 Å². The van der Waals surface area contributed by atoms with Crippen molar-refractivity contribution in [2.45, 2.75) is 228 Å². The van der Waals surface area contributed by atoms with Gasteiger partial charge in [0.1, 0.15) is 40.5 Å². The highest BCUT2D eigenvalue weighted by molar-refractivity contribution is 6.20. The van der Waals surface area contributed by atoms with Crippen LogP contribution in [0.4, 0.5) is 30.7 Å². The minimum absolute atomic E-state index is 0.0152. The van der Waals surface area contributed by atoms with Crippen LogP contribution in [0.15, 0.2) is 60.7 Å². The van der Waals surface area contributed by atoms with E-state index in [0.29, 0.717) is 44.6 Å². The van der Waals surface area contributed by atoms with E-state index >= 15 is 30.7 Å². The van der Waals surface area contributed by atoms with Crippen LogP contribution in [0.1, 0.15) is 189 Å². The smallest absolute Gasteiger partial charge is 0.308 e. The number of nitriles is 1. The molecule has 0 saturated heterocycles. The topological polar surface area (TPSA) is 43.5 Å². The number of alkyl halides is 3. The first-order chi connectivity index (χ1) is 55.3. The van der Waals surface area contributed by atoms with Crippen LogP contribution in [0.5, 0.6) is 0 Å². The Hall–Kier alpha value is -11.2. The molecule has 0 aliphatic rings. The van der Waals surface area contributed by atoms with Gasteiger partial charge in [-0.3, -0.25) is 0 Å². The Labute approximate surface area is 689 Å². The zero-order valence-corrected chi connectivity index (χ0v) is 74.7. The normalized spacial score (nSPS) is 12.2. The molecule has 0 spiro atoms. The lowest BCUT2D eigenvalue weighted by atomic mass is 9.90. The van der Waals surface area contributed by atoms with Crippen LogP contribution in [0.3, 0.4) is 0 Å². The van der Waals surface area contributed by atoms with Crippen LogP contribution >= 0.6 is 0 Å². The van der Waals surface area contributed by atoms with E-state index in [9.17, 15) is 5.26 Å². The number of hydrogen-bond acceptors (Lipinski definition) is 1. The summed E-state index contributed by atoms with van der Waals surface area (Å²) in [5, 5.41) is 19.9. The summed E-state index contributed by atoms with van der Waals surface area (Å²) in [4.78, 5) is 0. The number of rotatable bonds is 6. The first-order valence-electron chi connectivity index (χ1n) is 41.0. The fraction of sp³-hybridized carbons (Fsp3) is 0.311. The van der Waals surface area contributed by atoms with Gasteiger partial charge in [-0.05, 0) is 459 Å². The maximum atomic E-state index is 16.9. The van der Waals surface area contributed by atoms with Crippen molar-refractivity contribution >= 4 is 87.2 Å². The number of hydrogen-bond donors (Lipinski definition) is 0. The highest BCUT2D eigenvalue weighted by Gasteiger charge is 2.42. The molecule has 16 rings (SSSR count). The number of aromatic nitrogens is 4. The predicted molar refractivity (Wildman–Crippen MR) is 482 cm³/mol. The van der Waals surface area contributed by atoms with Crippen molar-refractivity contribution in [2.24, 2.45) is 0 Å². The Morgan fingerprint density at radius 1 is 0.229 bits per heavy atom. The summed E-state index contributed by atoms with van der Waals surface area (Å²) >= 11 is 0. The third-order valence-electron chi connectivity index (χ3n) is 30.1. The summed E-state index contributed by atoms with van der Waals surface area (Å²) in [5.74, 6) is -3.02. The number of fused-ring (bicyclic) bond motifs is 12. The van der Waals surface area contributed by atoms with Crippen LogP contribution < -0.4 is 0 Å². The lowest BCUT2D eigenvalue weighted by Gasteiger charge is -2.25. The molecule has 12 aromatic carbocycles. The predicted octanol–water partition coefficient (Wildman–Crippen LogP) is 30.4. The van der Waals surface area contributed by atoms with E-state index in [1.807, 2.05) is 95.2 Å². The first-order valence-corrected chi connectivity index (χ1v) is 41.0. The molecule has 5 nitrogen and oxygen atoms in total. The second-order valence-electron chi connectivity index (χ2n) is 34.7. The van der Waals surface area contributed by atoms with E-state index in [1.54, 1.807) is 9.13 Å². The molecule has 0 bridgehead atoms. The number of aryl methyl sites for hydroxylation is 16. The summed E-state index contributed by atoms with van der Waals surface area (Å²) in [5.41, 5.74) is 41.5.